The van der Waals surface area contributed by atoms with Crippen molar-refractivity contribution in [1.29, 1.82) is 0 Å². The van der Waals surface area contributed by atoms with Crippen LogP contribution in [0.5, 0.6) is 0 Å². The first kappa shape index (κ1) is 21.7. The summed E-state index contributed by atoms with van der Waals surface area (Å²) in [4.78, 5) is 37.1. The van der Waals surface area contributed by atoms with Gasteiger partial charge in [-0.1, -0.05) is 30.3 Å². The molecule has 2 aromatic carbocycles. The van der Waals surface area contributed by atoms with E-state index < -0.39 is 41.6 Å². The molecule has 2 aromatic rings. The molecule has 2 saturated heterocycles. The SMILES string of the molecule is C[C@H](NC(=O)OC1CN(c2cc(F)c(C3CCC(=O)NC3=O)c(F)c2)C1)c1ccccc1. The van der Waals surface area contributed by atoms with E-state index in [1.54, 1.807) is 4.90 Å². The van der Waals surface area contributed by atoms with Crippen LogP contribution in [-0.4, -0.2) is 37.1 Å². The number of piperidine rings is 1. The number of imide groups is 1. The molecule has 0 saturated carbocycles. The zero-order valence-electron chi connectivity index (χ0n) is 17.4. The number of hydrogen-bond acceptors (Lipinski definition) is 5. The predicted molar refractivity (Wildman–Crippen MR) is 112 cm³/mol. The van der Waals surface area contributed by atoms with Gasteiger partial charge in [-0.05, 0) is 31.0 Å². The van der Waals surface area contributed by atoms with Gasteiger partial charge in [0, 0.05) is 17.7 Å². The van der Waals surface area contributed by atoms with E-state index in [-0.39, 0.29) is 24.4 Å². The van der Waals surface area contributed by atoms with Gasteiger partial charge in [0.1, 0.15) is 17.7 Å². The highest BCUT2D eigenvalue weighted by Crippen LogP contribution is 2.33. The standard InChI is InChI=1S/C23H23F2N3O4/c1-13(14-5-3-2-4-6-14)26-23(31)32-16-11-28(12-16)15-9-18(24)21(19(25)10-15)17-7-8-20(29)27-22(17)30/h2-6,9-10,13,16-17H,7-8,11-12H2,1H3,(H,26,31)(H,27,29,30)/t13-,17?/m0/s1. The minimum Gasteiger partial charge on any atom is -0.442 e. The van der Waals surface area contributed by atoms with E-state index >= 15 is 0 Å². The number of rotatable bonds is 5. The third-order valence-corrected chi connectivity index (χ3v) is 5.77. The molecule has 4 rings (SSSR count). The zero-order chi connectivity index (χ0) is 22.8. The van der Waals surface area contributed by atoms with Gasteiger partial charge in [0.2, 0.25) is 11.8 Å². The molecule has 2 aliphatic rings. The van der Waals surface area contributed by atoms with Crippen LogP contribution in [0, 0.1) is 11.6 Å². The number of halogens is 2. The molecular formula is C23H23F2N3O4. The summed E-state index contributed by atoms with van der Waals surface area (Å²) >= 11 is 0. The van der Waals surface area contributed by atoms with Crippen molar-refractivity contribution in [2.45, 2.75) is 37.8 Å². The molecule has 32 heavy (non-hydrogen) atoms. The molecule has 0 aliphatic carbocycles. The molecule has 2 aliphatic heterocycles. The van der Waals surface area contributed by atoms with Gasteiger partial charge in [0.05, 0.1) is 25.0 Å². The summed E-state index contributed by atoms with van der Waals surface area (Å²) in [5.74, 6) is -3.86. The molecule has 0 bridgehead atoms. The van der Waals surface area contributed by atoms with Crippen LogP contribution in [0.3, 0.4) is 0 Å². The number of carbonyl (C=O) groups excluding carboxylic acids is 3. The van der Waals surface area contributed by atoms with Crippen LogP contribution in [0.4, 0.5) is 19.3 Å². The van der Waals surface area contributed by atoms with Crippen molar-refractivity contribution in [2.24, 2.45) is 0 Å². The molecule has 3 amide bonds. The fraction of sp³-hybridized carbons (Fsp3) is 0.348. The maximum Gasteiger partial charge on any atom is 0.408 e. The van der Waals surface area contributed by atoms with Crippen molar-refractivity contribution in [3.05, 3.63) is 65.2 Å². The average Bonchev–Trinajstić information content (AvgIpc) is 2.72. The van der Waals surface area contributed by atoms with Gasteiger partial charge >= 0.3 is 6.09 Å². The summed E-state index contributed by atoms with van der Waals surface area (Å²) in [6.07, 6.45) is -0.864. The van der Waals surface area contributed by atoms with Crippen LogP contribution in [0.1, 0.15) is 42.9 Å². The maximum absolute atomic E-state index is 14.7. The Morgan fingerprint density at radius 2 is 1.81 bits per heavy atom. The monoisotopic (exact) mass is 443 g/mol. The lowest BCUT2D eigenvalue weighted by Crippen LogP contribution is -2.54. The van der Waals surface area contributed by atoms with Gasteiger partial charge in [-0.3, -0.25) is 14.9 Å². The van der Waals surface area contributed by atoms with Gasteiger partial charge in [0.25, 0.3) is 0 Å². The Morgan fingerprint density at radius 1 is 1.16 bits per heavy atom. The molecular weight excluding hydrogens is 420 g/mol. The Balaban J connectivity index is 1.33. The highest BCUT2D eigenvalue weighted by Gasteiger charge is 2.35. The van der Waals surface area contributed by atoms with Gasteiger partial charge in [-0.15, -0.1) is 0 Å². The second-order valence-electron chi connectivity index (χ2n) is 8.04. The van der Waals surface area contributed by atoms with E-state index in [2.05, 4.69) is 10.6 Å². The van der Waals surface area contributed by atoms with Gasteiger partial charge in [-0.2, -0.15) is 0 Å². The van der Waals surface area contributed by atoms with Gasteiger partial charge < -0.3 is 15.0 Å². The van der Waals surface area contributed by atoms with E-state index in [9.17, 15) is 23.2 Å². The van der Waals surface area contributed by atoms with Crippen molar-refractivity contribution in [3.63, 3.8) is 0 Å². The largest absolute Gasteiger partial charge is 0.442 e. The van der Waals surface area contributed by atoms with Crippen molar-refractivity contribution >= 4 is 23.6 Å². The number of amides is 3. The molecule has 2 heterocycles. The number of carbonyl (C=O) groups is 3. The quantitative estimate of drug-likeness (QED) is 0.694. The predicted octanol–water partition coefficient (Wildman–Crippen LogP) is 3.16. The number of ether oxygens (including phenoxy) is 1. The molecule has 1 unspecified atom stereocenters. The highest BCUT2D eigenvalue weighted by atomic mass is 19.1. The molecule has 168 valence electrons. The summed E-state index contributed by atoms with van der Waals surface area (Å²) in [5.41, 5.74) is 0.914. The van der Waals surface area contributed by atoms with E-state index in [0.29, 0.717) is 18.8 Å². The normalized spacial score (nSPS) is 19.7. The lowest BCUT2D eigenvalue weighted by Gasteiger charge is -2.40. The molecule has 7 nitrogen and oxygen atoms in total. The Labute approximate surface area is 183 Å². The van der Waals surface area contributed by atoms with Crippen LogP contribution in [-0.2, 0) is 14.3 Å². The maximum atomic E-state index is 14.7. The second-order valence-corrected chi connectivity index (χ2v) is 8.04. The molecule has 0 aromatic heterocycles. The van der Waals surface area contributed by atoms with E-state index in [1.165, 1.54) is 0 Å². The molecule has 0 spiro atoms. The Hall–Kier alpha value is -3.49. The van der Waals surface area contributed by atoms with Crippen molar-refractivity contribution < 1.29 is 27.9 Å². The molecule has 2 N–H and O–H groups in total. The number of hydrogen-bond donors (Lipinski definition) is 2. The number of nitrogens with one attached hydrogen (secondary N) is 2. The molecule has 2 fully saturated rings. The molecule has 0 radical (unpaired) electrons. The summed E-state index contributed by atoms with van der Waals surface area (Å²) in [5, 5.41) is 4.87. The highest BCUT2D eigenvalue weighted by molar-refractivity contribution is 6.01. The first-order valence-corrected chi connectivity index (χ1v) is 10.4. The van der Waals surface area contributed by atoms with Crippen LogP contribution in [0.25, 0.3) is 0 Å². The lowest BCUT2D eigenvalue weighted by molar-refractivity contribution is -0.134. The smallest absolute Gasteiger partial charge is 0.408 e. The average molecular weight is 443 g/mol. The fourth-order valence-electron chi connectivity index (χ4n) is 3.97. The minimum absolute atomic E-state index is 0.0349. The first-order valence-electron chi connectivity index (χ1n) is 10.4. The molecule has 9 heteroatoms. The zero-order valence-corrected chi connectivity index (χ0v) is 17.4. The Morgan fingerprint density at radius 3 is 2.44 bits per heavy atom. The van der Waals surface area contributed by atoms with Gasteiger partial charge in [0.15, 0.2) is 0 Å². The topological polar surface area (TPSA) is 87.7 Å². The van der Waals surface area contributed by atoms with Crippen molar-refractivity contribution in [3.8, 4) is 0 Å². The Kier molecular flexibility index (Phi) is 6.07. The van der Waals surface area contributed by atoms with Crippen LogP contribution in [0.2, 0.25) is 0 Å². The fourth-order valence-corrected chi connectivity index (χ4v) is 3.97. The number of anilines is 1. The van der Waals surface area contributed by atoms with Crippen LogP contribution < -0.4 is 15.5 Å². The summed E-state index contributed by atoms with van der Waals surface area (Å²) in [6.45, 7) is 2.44. The van der Waals surface area contributed by atoms with E-state index in [0.717, 1.165) is 17.7 Å². The van der Waals surface area contributed by atoms with E-state index in [1.807, 2.05) is 37.3 Å². The van der Waals surface area contributed by atoms with Crippen molar-refractivity contribution in [2.75, 3.05) is 18.0 Å². The summed E-state index contributed by atoms with van der Waals surface area (Å²) < 4.78 is 34.7. The summed E-state index contributed by atoms with van der Waals surface area (Å²) in [7, 11) is 0. The minimum atomic E-state index is -1.04. The third kappa shape index (κ3) is 4.56. The second kappa shape index (κ2) is 8.94. The van der Waals surface area contributed by atoms with Crippen molar-refractivity contribution in [1.82, 2.24) is 10.6 Å². The first-order chi connectivity index (χ1) is 15.3. The number of alkyl carbamates (subject to hydrolysis) is 1. The third-order valence-electron chi connectivity index (χ3n) is 5.77. The van der Waals surface area contributed by atoms with Crippen LogP contribution in [0.15, 0.2) is 42.5 Å². The van der Waals surface area contributed by atoms with Crippen LogP contribution >= 0.6 is 0 Å². The van der Waals surface area contributed by atoms with E-state index in [4.69, 9.17) is 4.74 Å². The lowest BCUT2D eigenvalue weighted by atomic mass is 9.89. The Bertz CT molecular complexity index is 1020. The number of nitrogens with zero attached hydrogens (tertiary/aromatic N) is 1. The molecule has 2 atom stereocenters. The van der Waals surface area contributed by atoms with Gasteiger partial charge in [-0.25, -0.2) is 13.6 Å². The number of benzene rings is 2. The summed E-state index contributed by atoms with van der Waals surface area (Å²) in [6, 6.07) is 11.6.